The summed E-state index contributed by atoms with van der Waals surface area (Å²) in [5.74, 6) is 0. The van der Waals surface area contributed by atoms with Crippen LogP contribution in [0.15, 0.2) is 200 Å². The highest BCUT2D eigenvalue weighted by Gasteiger charge is 2.18. The van der Waals surface area contributed by atoms with Gasteiger partial charge in [0.1, 0.15) is 16.9 Å². The van der Waals surface area contributed by atoms with Crippen molar-refractivity contribution < 1.29 is 0 Å². The van der Waals surface area contributed by atoms with Crippen molar-refractivity contribution in [2.75, 3.05) is 0 Å². The maximum Gasteiger partial charge on any atom is 0.146 e. The van der Waals surface area contributed by atoms with Crippen LogP contribution < -0.4 is 0 Å². The molecular formula is C57H33ClN6. The monoisotopic (exact) mass is 836 g/mol. The van der Waals surface area contributed by atoms with Gasteiger partial charge in [0, 0.05) is 37.3 Å². The number of imidazole rings is 3. The summed E-state index contributed by atoms with van der Waals surface area (Å²) in [4.78, 5) is 15.1. The van der Waals surface area contributed by atoms with Crippen LogP contribution >= 0.6 is 11.6 Å². The van der Waals surface area contributed by atoms with Gasteiger partial charge in [-0.3, -0.25) is 13.2 Å². The van der Waals surface area contributed by atoms with E-state index < -0.39 is 0 Å². The predicted molar refractivity (Wildman–Crippen MR) is 267 cm³/mol. The van der Waals surface area contributed by atoms with Crippen molar-refractivity contribution in [1.29, 1.82) is 0 Å². The van der Waals surface area contributed by atoms with Crippen LogP contribution in [0.3, 0.4) is 0 Å². The third-order valence-electron chi connectivity index (χ3n) is 13.1. The summed E-state index contributed by atoms with van der Waals surface area (Å²) < 4.78 is 6.84. The molecule has 0 radical (unpaired) electrons. The van der Waals surface area contributed by atoms with Crippen molar-refractivity contribution in [2.24, 2.45) is 0 Å². The molecule has 0 bridgehead atoms. The van der Waals surface area contributed by atoms with Crippen LogP contribution in [0.1, 0.15) is 0 Å². The molecule has 0 unspecified atom stereocenters. The number of pyridine rings is 3. The SMILES string of the molecule is Clc1ccc2c3ccccc3n3c4ccccc4nc3c2c1.c1ccc2c(c1)nc1c3cc(-c4ccc5c6ccccc6n6c7ccccc7nc6c5c4)ccc3c3ccccc3n21. The maximum absolute atomic E-state index is 6.23. The van der Waals surface area contributed by atoms with Gasteiger partial charge in [-0.2, -0.15) is 0 Å². The molecule has 7 heteroatoms. The molecule has 0 aliphatic carbocycles. The summed E-state index contributed by atoms with van der Waals surface area (Å²) in [6, 6.07) is 70.4. The molecular weight excluding hydrogens is 804 g/mol. The molecule has 0 spiro atoms. The molecule has 0 saturated carbocycles. The first-order valence-corrected chi connectivity index (χ1v) is 21.8. The average Bonchev–Trinajstić information content (AvgIpc) is 4.07. The van der Waals surface area contributed by atoms with Gasteiger partial charge in [-0.15, -0.1) is 0 Å². The van der Waals surface area contributed by atoms with Crippen LogP contribution in [-0.4, -0.2) is 28.2 Å². The molecule has 0 aliphatic heterocycles. The molecule has 0 amide bonds. The Bertz CT molecular complexity index is 4270. The normalized spacial score (nSPS) is 12.1. The Morgan fingerprint density at radius 2 is 0.578 bits per heavy atom. The lowest BCUT2D eigenvalue weighted by Gasteiger charge is -2.12. The number of benzene rings is 9. The fourth-order valence-electron chi connectivity index (χ4n) is 10.3. The maximum atomic E-state index is 6.23. The van der Waals surface area contributed by atoms with Crippen molar-refractivity contribution in [1.82, 2.24) is 28.2 Å². The lowest BCUT2D eigenvalue weighted by molar-refractivity contribution is 1.31. The minimum Gasteiger partial charge on any atom is -0.292 e. The molecule has 64 heavy (non-hydrogen) atoms. The van der Waals surface area contributed by atoms with E-state index in [0.29, 0.717) is 0 Å². The number of hydrogen-bond acceptors (Lipinski definition) is 3. The average molecular weight is 837 g/mol. The van der Waals surface area contributed by atoms with E-state index in [1.165, 1.54) is 48.9 Å². The van der Waals surface area contributed by atoms with Crippen molar-refractivity contribution in [3.63, 3.8) is 0 Å². The largest absolute Gasteiger partial charge is 0.292 e. The molecule has 6 nitrogen and oxygen atoms in total. The second kappa shape index (κ2) is 13.3. The Morgan fingerprint density at radius 1 is 0.266 bits per heavy atom. The van der Waals surface area contributed by atoms with E-state index in [1.807, 2.05) is 30.3 Å². The number of nitrogens with zero attached hydrogens (tertiary/aromatic N) is 6. The number of fused-ring (bicyclic) bond motifs is 24. The highest BCUT2D eigenvalue weighted by molar-refractivity contribution is 6.32. The second-order valence-electron chi connectivity index (χ2n) is 16.5. The van der Waals surface area contributed by atoms with Gasteiger partial charge in [0.05, 0.1) is 49.7 Å². The molecule has 15 aromatic rings. The number of aromatic nitrogens is 6. The van der Waals surface area contributed by atoms with E-state index in [2.05, 4.69) is 183 Å². The first-order chi connectivity index (χ1) is 31.7. The Hall–Kier alpha value is -8.32. The number of rotatable bonds is 1. The lowest BCUT2D eigenvalue weighted by Crippen LogP contribution is -1.93. The van der Waals surface area contributed by atoms with Crippen LogP contribution in [-0.2, 0) is 0 Å². The number of para-hydroxylation sites is 9. The Morgan fingerprint density at radius 3 is 0.969 bits per heavy atom. The summed E-state index contributed by atoms with van der Waals surface area (Å²) in [5.41, 5.74) is 15.2. The van der Waals surface area contributed by atoms with Crippen LogP contribution in [0, 0.1) is 0 Å². The van der Waals surface area contributed by atoms with Crippen molar-refractivity contribution in [3.8, 4) is 11.1 Å². The highest BCUT2D eigenvalue weighted by Crippen LogP contribution is 2.39. The summed E-state index contributed by atoms with van der Waals surface area (Å²) in [5, 5.41) is 11.4. The minimum absolute atomic E-state index is 0.733. The van der Waals surface area contributed by atoms with Gasteiger partial charge in [0.2, 0.25) is 0 Å². The second-order valence-corrected chi connectivity index (χ2v) is 17.0. The molecule has 298 valence electrons. The zero-order valence-corrected chi connectivity index (χ0v) is 34.9. The minimum atomic E-state index is 0.733. The topological polar surface area (TPSA) is 51.9 Å². The van der Waals surface area contributed by atoms with Gasteiger partial charge in [-0.05, 0) is 106 Å². The summed E-state index contributed by atoms with van der Waals surface area (Å²) >= 11 is 6.23. The predicted octanol–water partition coefficient (Wildman–Crippen LogP) is 15.0. The van der Waals surface area contributed by atoms with Gasteiger partial charge in [0.25, 0.3) is 0 Å². The standard InChI is InChI=1S/C38H22N4.C19H11ClN2/c1-5-13-33-27(9-1)25-19-17-23(21-29(25)37-39-31-11-3-7-15-35(31)41(33)37)24-18-20-26-28-10-2-6-14-34(28)42-36-16-8-4-12-32(36)40-38(42)30(26)22-24;20-12-9-10-13-14-5-1-3-7-17(14)22-18-8-4-2-6-16(18)21-19(22)15(13)11-12/h1-22H;1-11H. The lowest BCUT2D eigenvalue weighted by atomic mass is 9.96. The zero-order chi connectivity index (χ0) is 42.0. The summed E-state index contributed by atoms with van der Waals surface area (Å²) in [7, 11) is 0. The molecule has 0 aliphatic rings. The van der Waals surface area contributed by atoms with Crippen LogP contribution in [0.5, 0.6) is 0 Å². The van der Waals surface area contributed by atoms with E-state index >= 15 is 0 Å². The van der Waals surface area contributed by atoms with Gasteiger partial charge in [0.15, 0.2) is 0 Å². The summed E-state index contributed by atoms with van der Waals surface area (Å²) in [6.45, 7) is 0. The fourth-order valence-corrected chi connectivity index (χ4v) is 10.4. The molecule has 0 N–H and O–H groups in total. The fraction of sp³-hybridized carbons (Fsp3) is 0. The molecule has 0 fully saturated rings. The van der Waals surface area contributed by atoms with Gasteiger partial charge >= 0.3 is 0 Å². The number of halogens is 1. The first kappa shape index (κ1) is 35.3. The quantitative estimate of drug-likeness (QED) is 0.155. The van der Waals surface area contributed by atoms with E-state index in [0.717, 1.165) is 82.3 Å². The van der Waals surface area contributed by atoms with E-state index in [1.54, 1.807) is 0 Å². The van der Waals surface area contributed by atoms with Crippen molar-refractivity contribution in [2.45, 2.75) is 0 Å². The Labute approximate surface area is 369 Å². The number of hydrogen-bond donors (Lipinski definition) is 0. The molecule has 6 aromatic heterocycles. The van der Waals surface area contributed by atoms with Crippen LogP contribution in [0.4, 0.5) is 0 Å². The third kappa shape index (κ3) is 5.00. The molecule has 15 rings (SSSR count). The Kier molecular flexibility index (Phi) is 7.36. The zero-order valence-electron chi connectivity index (χ0n) is 34.1. The van der Waals surface area contributed by atoms with E-state index in [9.17, 15) is 0 Å². The molecule has 0 saturated heterocycles. The summed E-state index contributed by atoms with van der Waals surface area (Å²) in [6.07, 6.45) is 0. The molecule has 0 atom stereocenters. The van der Waals surface area contributed by atoms with Crippen LogP contribution in [0.2, 0.25) is 5.02 Å². The molecule has 9 aromatic carbocycles. The van der Waals surface area contributed by atoms with Crippen LogP contribution in [0.25, 0.3) is 126 Å². The van der Waals surface area contributed by atoms with Gasteiger partial charge < -0.3 is 0 Å². The molecule has 6 heterocycles. The Balaban J connectivity index is 0.000000151. The van der Waals surface area contributed by atoms with E-state index in [4.69, 9.17) is 26.6 Å². The van der Waals surface area contributed by atoms with Gasteiger partial charge in [-0.1, -0.05) is 133 Å². The highest BCUT2D eigenvalue weighted by atomic mass is 35.5. The smallest absolute Gasteiger partial charge is 0.146 e. The first-order valence-electron chi connectivity index (χ1n) is 21.5. The third-order valence-corrected chi connectivity index (χ3v) is 13.3. The van der Waals surface area contributed by atoms with Gasteiger partial charge in [-0.25, -0.2) is 15.0 Å². The van der Waals surface area contributed by atoms with Crippen molar-refractivity contribution in [3.05, 3.63) is 205 Å². The van der Waals surface area contributed by atoms with Crippen molar-refractivity contribution >= 4 is 127 Å². The van der Waals surface area contributed by atoms with E-state index in [-0.39, 0.29) is 0 Å².